The number of aromatic nitrogens is 1. The van der Waals surface area contributed by atoms with Crippen LogP contribution in [0.3, 0.4) is 0 Å². The van der Waals surface area contributed by atoms with E-state index >= 15 is 0 Å². The van der Waals surface area contributed by atoms with Gasteiger partial charge in [0.2, 0.25) is 0 Å². The lowest BCUT2D eigenvalue weighted by atomic mass is 10.1. The summed E-state index contributed by atoms with van der Waals surface area (Å²) in [6, 6.07) is 6.50. The van der Waals surface area contributed by atoms with E-state index in [1.54, 1.807) is 28.8 Å². The quantitative estimate of drug-likeness (QED) is 0.780. The first-order chi connectivity index (χ1) is 9.45. The Morgan fingerprint density at radius 1 is 1.15 bits per heavy atom. The molecule has 20 heavy (non-hydrogen) atoms. The summed E-state index contributed by atoms with van der Waals surface area (Å²) < 4.78 is 1.72. The third-order valence-electron chi connectivity index (χ3n) is 2.93. The van der Waals surface area contributed by atoms with Gasteiger partial charge in [-0.05, 0) is 30.7 Å². The summed E-state index contributed by atoms with van der Waals surface area (Å²) >= 11 is 18.1. The number of carbonyl (C=O) groups is 1. The third-order valence-corrected chi connectivity index (χ3v) is 3.97. The number of carboxylic acid groups (broad SMARTS) is 1. The molecule has 0 aliphatic rings. The molecule has 2 aromatic rings. The van der Waals surface area contributed by atoms with Crippen molar-refractivity contribution in [1.82, 2.24) is 4.57 Å². The van der Waals surface area contributed by atoms with Crippen LogP contribution in [0.4, 0.5) is 0 Å². The van der Waals surface area contributed by atoms with Crippen LogP contribution >= 0.6 is 34.8 Å². The Morgan fingerprint density at radius 3 is 2.40 bits per heavy atom. The molecular weight excluding hydrogens is 321 g/mol. The molecule has 0 unspecified atom stereocenters. The van der Waals surface area contributed by atoms with E-state index in [-0.39, 0.29) is 5.69 Å². The molecule has 0 amide bonds. The van der Waals surface area contributed by atoms with E-state index in [4.69, 9.17) is 34.8 Å². The minimum atomic E-state index is -0.971. The van der Waals surface area contributed by atoms with Gasteiger partial charge in [0.25, 0.3) is 0 Å². The number of rotatable bonds is 4. The van der Waals surface area contributed by atoms with Gasteiger partial charge >= 0.3 is 5.97 Å². The van der Waals surface area contributed by atoms with Gasteiger partial charge in [0.05, 0.1) is 20.8 Å². The van der Waals surface area contributed by atoms with E-state index < -0.39 is 5.97 Å². The van der Waals surface area contributed by atoms with E-state index in [0.717, 1.165) is 6.42 Å². The maximum absolute atomic E-state index is 11.2. The van der Waals surface area contributed by atoms with Gasteiger partial charge in [-0.3, -0.25) is 0 Å². The topological polar surface area (TPSA) is 42.2 Å². The molecule has 0 fully saturated rings. The van der Waals surface area contributed by atoms with Crippen molar-refractivity contribution in [3.63, 3.8) is 0 Å². The van der Waals surface area contributed by atoms with Crippen LogP contribution in [0.15, 0.2) is 24.3 Å². The minimum absolute atomic E-state index is 0.226. The van der Waals surface area contributed by atoms with Crippen LogP contribution in [0.25, 0.3) is 11.3 Å². The van der Waals surface area contributed by atoms with Crippen LogP contribution in [0, 0.1) is 0 Å². The molecule has 0 atom stereocenters. The molecule has 6 heteroatoms. The van der Waals surface area contributed by atoms with Crippen molar-refractivity contribution in [2.45, 2.75) is 19.9 Å². The Labute approximate surface area is 131 Å². The average Bonchev–Trinajstić information content (AvgIpc) is 2.78. The standard InChI is InChI=1S/C14H12Cl3NO2/c1-2-5-18-12(3-4-13(18)14(19)20)8-6-10(16)11(17)7-9(8)15/h3-4,6-7H,2,5H2,1H3,(H,19,20). The number of benzene rings is 1. The summed E-state index contributed by atoms with van der Waals surface area (Å²) in [6.07, 6.45) is 0.806. The molecule has 1 N–H and O–H groups in total. The number of hydrogen-bond donors (Lipinski definition) is 1. The maximum Gasteiger partial charge on any atom is 0.352 e. The van der Waals surface area contributed by atoms with Crippen molar-refractivity contribution in [3.05, 3.63) is 45.0 Å². The first-order valence-electron chi connectivity index (χ1n) is 6.03. The predicted molar refractivity (Wildman–Crippen MR) is 82.1 cm³/mol. The fraction of sp³-hybridized carbons (Fsp3) is 0.214. The molecule has 2 rings (SSSR count). The Balaban J connectivity index is 2.63. The summed E-state index contributed by atoms with van der Waals surface area (Å²) in [5, 5.41) is 10.4. The molecule has 0 saturated carbocycles. The van der Waals surface area contributed by atoms with Crippen LogP contribution in [0.2, 0.25) is 15.1 Å². The van der Waals surface area contributed by atoms with Gasteiger partial charge in [-0.2, -0.15) is 0 Å². The normalized spacial score (nSPS) is 10.8. The molecule has 1 aromatic carbocycles. The fourth-order valence-corrected chi connectivity index (χ4v) is 2.72. The van der Waals surface area contributed by atoms with Crippen LogP contribution in [-0.2, 0) is 6.54 Å². The van der Waals surface area contributed by atoms with Crippen molar-refractivity contribution in [2.75, 3.05) is 0 Å². The van der Waals surface area contributed by atoms with E-state index in [1.807, 2.05) is 6.92 Å². The van der Waals surface area contributed by atoms with E-state index in [9.17, 15) is 9.90 Å². The zero-order valence-corrected chi connectivity index (χ0v) is 12.9. The van der Waals surface area contributed by atoms with E-state index in [1.165, 1.54) is 0 Å². The second kappa shape index (κ2) is 6.08. The Bertz CT molecular complexity index is 665. The second-order valence-electron chi connectivity index (χ2n) is 4.31. The van der Waals surface area contributed by atoms with Crippen molar-refractivity contribution in [1.29, 1.82) is 0 Å². The lowest BCUT2D eigenvalue weighted by molar-refractivity contribution is 0.0685. The smallest absolute Gasteiger partial charge is 0.352 e. The highest BCUT2D eigenvalue weighted by atomic mass is 35.5. The average molecular weight is 333 g/mol. The lowest BCUT2D eigenvalue weighted by Crippen LogP contribution is -2.09. The largest absolute Gasteiger partial charge is 0.477 e. The van der Waals surface area contributed by atoms with Gasteiger partial charge in [-0.15, -0.1) is 0 Å². The van der Waals surface area contributed by atoms with Crippen LogP contribution in [-0.4, -0.2) is 15.6 Å². The summed E-state index contributed by atoms with van der Waals surface area (Å²) in [7, 11) is 0. The molecule has 106 valence electrons. The number of aromatic carboxylic acids is 1. The van der Waals surface area contributed by atoms with Crippen LogP contribution in [0.5, 0.6) is 0 Å². The van der Waals surface area contributed by atoms with Gasteiger partial charge in [0, 0.05) is 12.1 Å². The molecule has 0 saturated heterocycles. The van der Waals surface area contributed by atoms with Crippen LogP contribution < -0.4 is 0 Å². The molecule has 1 aromatic heterocycles. The molecule has 0 aliphatic heterocycles. The highest BCUT2D eigenvalue weighted by molar-refractivity contribution is 6.44. The van der Waals surface area contributed by atoms with Gasteiger partial charge in [-0.1, -0.05) is 41.7 Å². The lowest BCUT2D eigenvalue weighted by Gasteiger charge is -2.12. The number of nitrogens with zero attached hydrogens (tertiary/aromatic N) is 1. The molecule has 3 nitrogen and oxygen atoms in total. The number of carboxylic acids is 1. The van der Waals surface area contributed by atoms with Gasteiger partial charge in [-0.25, -0.2) is 4.79 Å². The second-order valence-corrected chi connectivity index (χ2v) is 5.53. The first-order valence-corrected chi connectivity index (χ1v) is 7.16. The van der Waals surface area contributed by atoms with Crippen molar-refractivity contribution < 1.29 is 9.90 Å². The molecule has 0 aliphatic carbocycles. The SMILES string of the molecule is CCCn1c(C(=O)O)ccc1-c1cc(Cl)c(Cl)cc1Cl. The Morgan fingerprint density at radius 2 is 1.80 bits per heavy atom. The highest BCUT2D eigenvalue weighted by Crippen LogP contribution is 2.36. The van der Waals surface area contributed by atoms with Gasteiger partial charge in [0.1, 0.15) is 5.69 Å². The van der Waals surface area contributed by atoms with Crippen molar-refractivity contribution in [2.24, 2.45) is 0 Å². The molecule has 0 spiro atoms. The van der Waals surface area contributed by atoms with Crippen molar-refractivity contribution in [3.8, 4) is 11.3 Å². The molecule has 0 radical (unpaired) electrons. The predicted octanol–water partition coefficient (Wildman–Crippen LogP) is 5.22. The van der Waals surface area contributed by atoms with Gasteiger partial charge < -0.3 is 9.67 Å². The highest BCUT2D eigenvalue weighted by Gasteiger charge is 2.17. The fourth-order valence-electron chi connectivity index (χ4n) is 2.07. The summed E-state index contributed by atoms with van der Waals surface area (Å²) in [5.74, 6) is -0.971. The summed E-state index contributed by atoms with van der Waals surface area (Å²) in [4.78, 5) is 11.2. The maximum atomic E-state index is 11.2. The molecule has 0 bridgehead atoms. The van der Waals surface area contributed by atoms with E-state index in [0.29, 0.717) is 32.9 Å². The third kappa shape index (κ3) is 2.80. The van der Waals surface area contributed by atoms with Gasteiger partial charge in [0.15, 0.2) is 0 Å². The first kappa shape index (κ1) is 15.2. The Hall–Kier alpha value is -1.16. The molecule has 1 heterocycles. The van der Waals surface area contributed by atoms with Crippen molar-refractivity contribution >= 4 is 40.8 Å². The molecular formula is C14H12Cl3NO2. The minimum Gasteiger partial charge on any atom is -0.477 e. The van der Waals surface area contributed by atoms with Crippen LogP contribution in [0.1, 0.15) is 23.8 Å². The number of hydrogen-bond acceptors (Lipinski definition) is 1. The summed E-state index contributed by atoms with van der Waals surface area (Å²) in [5.41, 5.74) is 1.61. The Kier molecular flexibility index (Phi) is 4.63. The monoisotopic (exact) mass is 331 g/mol. The summed E-state index contributed by atoms with van der Waals surface area (Å²) in [6.45, 7) is 2.56. The number of halogens is 3. The zero-order chi connectivity index (χ0) is 14.9. The van der Waals surface area contributed by atoms with E-state index in [2.05, 4.69) is 0 Å². The zero-order valence-electron chi connectivity index (χ0n) is 10.7.